The van der Waals surface area contributed by atoms with Crippen molar-refractivity contribution in [1.29, 1.82) is 0 Å². The lowest BCUT2D eigenvalue weighted by Crippen LogP contribution is -2.21. The molecule has 0 unspecified atom stereocenters. The molecule has 1 heterocycles. The SMILES string of the molecule is Cc1ccc(NC(=O)COC(=O)CSCc2ccc(Cl)s2)cc1C. The predicted molar refractivity (Wildman–Crippen MR) is 101 cm³/mol. The molecule has 1 N–H and O–H groups in total. The van der Waals surface area contributed by atoms with Crippen molar-refractivity contribution in [2.45, 2.75) is 19.6 Å². The molecule has 0 spiro atoms. The van der Waals surface area contributed by atoms with Gasteiger partial charge in [-0.15, -0.1) is 23.1 Å². The number of aryl methyl sites for hydroxylation is 2. The van der Waals surface area contributed by atoms with E-state index in [4.69, 9.17) is 16.3 Å². The summed E-state index contributed by atoms with van der Waals surface area (Å²) >= 11 is 8.77. The van der Waals surface area contributed by atoms with Crippen LogP contribution in [0.5, 0.6) is 0 Å². The maximum absolute atomic E-state index is 11.8. The van der Waals surface area contributed by atoms with Gasteiger partial charge in [-0.25, -0.2) is 0 Å². The lowest BCUT2D eigenvalue weighted by atomic mass is 10.1. The van der Waals surface area contributed by atoms with E-state index in [1.54, 1.807) is 0 Å². The molecule has 2 aromatic rings. The summed E-state index contributed by atoms with van der Waals surface area (Å²) in [7, 11) is 0. The minimum absolute atomic E-state index is 0.201. The number of halogens is 1. The van der Waals surface area contributed by atoms with Crippen LogP contribution in [0.3, 0.4) is 0 Å². The van der Waals surface area contributed by atoms with Crippen LogP contribution in [-0.4, -0.2) is 24.2 Å². The molecule has 0 aliphatic carbocycles. The Kier molecular flexibility index (Phi) is 7.15. The highest BCUT2D eigenvalue weighted by Crippen LogP contribution is 2.25. The second kappa shape index (κ2) is 9.11. The van der Waals surface area contributed by atoms with Gasteiger partial charge in [0, 0.05) is 16.3 Å². The van der Waals surface area contributed by atoms with Crippen molar-refractivity contribution >= 4 is 52.3 Å². The molecule has 1 aromatic carbocycles. The first-order valence-electron chi connectivity index (χ1n) is 7.29. The van der Waals surface area contributed by atoms with Gasteiger partial charge in [-0.3, -0.25) is 9.59 Å². The molecule has 0 saturated carbocycles. The summed E-state index contributed by atoms with van der Waals surface area (Å²) in [6.07, 6.45) is 0. The van der Waals surface area contributed by atoms with Crippen LogP contribution >= 0.6 is 34.7 Å². The molecule has 1 amide bonds. The van der Waals surface area contributed by atoms with Gasteiger partial charge >= 0.3 is 5.97 Å². The molecular formula is C17H18ClNO3S2. The minimum Gasteiger partial charge on any atom is -0.455 e. The van der Waals surface area contributed by atoms with E-state index in [1.165, 1.54) is 23.1 Å². The van der Waals surface area contributed by atoms with Crippen LogP contribution in [0.4, 0.5) is 5.69 Å². The number of thioether (sulfide) groups is 1. The lowest BCUT2D eigenvalue weighted by molar-refractivity contribution is -0.144. The zero-order valence-electron chi connectivity index (χ0n) is 13.4. The third kappa shape index (κ3) is 6.19. The van der Waals surface area contributed by atoms with Gasteiger partial charge in [0.25, 0.3) is 5.91 Å². The van der Waals surface area contributed by atoms with E-state index in [1.807, 2.05) is 44.2 Å². The average Bonchev–Trinajstić information content (AvgIpc) is 2.94. The second-order valence-corrected chi connectivity index (χ2v) is 7.99. The molecule has 7 heteroatoms. The molecule has 0 aliphatic rings. The fourth-order valence-electron chi connectivity index (χ4n) is 1.87. The number of amides is 1. The highest BCUT2D eigenvalue weighted by molar-refractivity contribution is 7.99. The topological polar surface area (TPSA) is 55.4 Å². The van der Waals surface area contributed by atoms with Gasteiger partial charge in [0.15, 0.2) is 6.61 Å². The zero-order chi connectivity index (χ0) is 17.5. The van der Waals surface area contributed by atoms with Crippen LogP contribution < -0.4 is 5.32 Å². The van der Waals surface area contributed by atoms with Crippen molar-refractivity contribution in [3.8, 4) is 0 Å². The normalized spacial score (nSPS) is 10.5. The highest BCUT2D eigenvalue weighted by Gasteiger charge is 2.09. The van der Waals surface area contributed by atoms with Crippen molar-refractivity contribution in [3.05, 3.63) is 50.7 Å². The standard InChI is InChI=1S/C17H18ClNO3S2/c1-11-3-4-13(7-12(11)2)19-16(20)8-22-17(21)10-23-9-14-5-6-15(18)24-14/h3-7H,8-10H2,1-2H3,(H,19,20). The summed E-state index contributed by atoms with van der Waals surface area (Å²) < 4.78 is 5.71. The van der Waals surface area contributed by atoms with E-state index in [9.17, 15) is 9.59 Å². The molecule has 0 fully saturated rings. The van der Waals surface area contributed by atoms with E-state index < -0.39 is 5.97 Å². The van der Waals surface area contributed by atoms with E-state index >= 15 is 0 Å². The Balaban J connectivity index is 1.67. The average molecular weight is 384 g/mol. The van der Waals surface area contributed by atoms with Crippen LogP contribution in [-0.2, 0) is 20.1 Å². The van der Waals surface area contributed by atoms with Gasteiger partial charge < -0.3 is 10.1 Å². The number of ether oxygens (including phenoxy) is 1. The number of thiophene rings is 1. The fraction of sp³-hybridized carbons (Fsp3) is 0.294. The van der Waals surface area contributed by atoms with Crippen molar-refractivity contribution in [2.75, 3.05) is 17.7 Å². The summed E-state index contributed by atoms with van der Waals surface area (Å²) in [5, 5.41) is 2.71. The number of rotatable bonds is 7. The number of carbonyl (C=O) groups is 2. The lowest BCUT2D eigenvalue weighted by Gasteiger charge is -2.08. The van der Waals surface area contributed by atoms with Crippen LogP contribution in [0.15, 0.2) is 30.3 Å². The van der Waals surface area contributed by atoms with E-state index in [2.05, 4.69) is 5.32 Å². The smallest absolute Gasteiger partial charge is 0.316 e. The Hall–Kier alpha value is -1.50. The quantitative estimate of drug-likeness (QED) is 0.718. The molecule has 0 atom stereocenters. The van der Waals surface area contributed by atoms with E-state index in [0.717, 1.165) is 20.3 Å². The second-order valence-electron chi connectivity index (χ2n) is 5.21. The fourth-order valence-corrected chi connectivity index (χ4v) is 3.89. The molecule has 0 radical (unpaired) electrons. The van der Waals surface area contributed by atoms with Crippen molar-refractivity contribution in [2.24, 2.45) is 0 Å². The Morgan fingerprint density at radius 3 is 2.67 bits per heavy atom. The maximum atomic E-state index is 11.8. The van der Waals surface area contributed by atoms with Crippen molar-refractivity contribution in [3.63, 3.8) is 0 Å². The van der Waals surface area contributed by atoms with Crippen molar-refractivity contribution < 1.29 is 14.3 Å². The summed E-state index contributed by atoms with van der Waals surface area (Å²) in [6, 6.07) is 9.41. The summed E-state index contributed by atoms with van der Waals surface area (Å²) in [5.74, 6) is 0.146. The maximum Gasteiger partial charge on any atom is 0.316 e. The Morgan fingerprint density at radius 2 is 2.00 bits per heavy atom. The van der Waals surface area contributed by atoms with Crippen LogP contribution in [0.2, 0.25) is 4.34 Å². The van der Waals surface area contributed by atoms with Gasteiger partial charge in [0.1, 0.15) is 0 Å². The van der Waals surface area contributed by atoms with E-state index in [-0.39, 0.29) is 18.3 Å². The van der Waals surface area contributed by atoms with Gasteiger partial charge in [-0.05, 0) is 49.2 Å². The van der Waals surface area contributed by atoms with Gasteiger partial charge in [0.05, 0.1) is 10.1 Å². The number of esters is 1. The molecule has 4 nitrogen and oxygen atoms in total. The van der Waals surface area contributed by atoms with Gasteiger partial charge in [0.2, 0.25) is 0 Å². The molecule has 2 rings (SSSR count). The number of hydrogen-bond acceptors (Lipinski definition) is 5. The number of carbonyl (C=O) groups excluding carboxylic acids is 2. The number of hydrogen-bond donors (Lipinski definition) is 1. The monoisotopic (exact) mass is 383 g/mol. The molecule has 0 saturated heterocycles. The number of nitrogens with one attached hydrogen (secondary N) is 1. The first-order valence-corrected chi connectivity index (χ1v) is 9.63. The van der Waals surface area contributed by atoms with Gasteiger partial charge in [-0.1, -0.05) is 17.7 Å². The third-order valence-electron chi connectivity index (χ3n) is 3.25. The first-order chi connectivity index (χ1) is 11.4. The molecule has 0 bridgehead atoms. The number of benzene rings is 1. The minimum atomic E-state index is -0.405. The van der Waals surface area contributed by atoms with Crippen molar-refractivity contribution in [1.82, 2.24) is 0 Å². The largest absolute Gasteiger partial charge is 0.455 e. The molecule has 1 aromatic heterocycles. The summed E-state index contributed by atoms with van der Waals surface area (Å²) in [5.41, 5.74) is 2.95. The third-order valence-corrected chi connectivity index (χ3v) is 5.62. The van der Waals surface area contributed by atoms with Crippen LogP contribution in [0.1, 0.15) is 16.0 Å². The Bertz CT molecular complexity index is 730. The Morgan fingerprint density at radius 1 is 1.21 bits per heavy atom. The molecule has 128 valence electrons. The Labute approximate surface area is 154 Å². The van der Waals surface area contributed by atoms with Crippen LogP contribution in [0.25, 0.3) is 0 Å². The van der Waals surface area contributed by atoms with E-state index in [0.29, 0.717) is 11.4 Å². The summed E-state index contributed by atoms with van der Waals surface area (Å²) in [4.78, 5) is 24.6. The van der Waals surface area contributed by atoms with Crippen LogP contribution in [0, 0.1) is 13.8 Å². The van der Waals surface area contributed by atoms with Gasteiger partial charge in [-0.2, -0.15) is 0 Å². The molecule has 0 aliphatic heterocycles. The predicted octanol–water partition coefficient (Wildman–Crippen LogP) is 4.43. The molecule has 24 heavy (non-hydrogen) atoms. The summed E-state index contributed by atoms with van der Waals surface area (Å²) in [6.45, 7) is 3.70. The number of anilines is 1. The highest BCUT2D eigenvalue weighted by atomic mass is 35.5. The first kappa shape index (κ1) is 18.8. The molecular weight excluding hydrogens is 366 g/mol. The zero-order valence-corrected chi connectivity index (χ0v) is 15.8.